The third kappa shape index (κ3) is 5.76. The zero-order chi connectivity index (χ0) is 29.1. The number of hydrogen-bond donors (Lipinski definition) is 0. The number of benzene rings is 3. The maximum atomic E-state index is 11.2. The van der Waals surface area contributed by atoms with Gasteiger partial charge in [-0.25, -0.2) is 14.4 Å². The molecule has 6 rings (SSSR count). The smallest absolute Gasteiger partial charge is 0.258 e. The van der Waals surface area contributed by atoms with Gasteiger partial charge in [0.25, 0.3) is 5.69 Å². The van der Waals surface area contributed by atoms with Gasteiger partial charge in [0.15, 0.2) is 0 Å². The predicted octanol–water partition coefficient (Wildman–Crippen LogP) is 8.28. The second-order valence-electron chi connectivity index (χ2n) is 9.81. The Labute approximate surface area is 250 Å². The summed E-state index contributed by atoms with van der Waals surface area (Å²) in [5.74, 6) is 0.429. The molecule has 0 aliphatic rings. The summed E-state index contributed by atoms with van der Waals surface area (Å²) in [6.45, 7) is 4.32. The lowest BCUT2D eigenvalue weighted by Gasteiger charge is -2.05. The summed E-state index contributed by atoms with van der Waals surface area (Å²) in [6, 6.07) is 28.7. The van der Waals surface area contributed by atoms with Crippen LogP contribution in [0.4, 0.5) is 11.4 Å². The van der Waals surface area contributed by atoms with E-state index < -0.39 is 4.92 Å². The molecule has 0 bridgehead atoms. The maximum Gasteiger partial charge on any atom is 0.269 e. The van der Waals surface area contributed by atoms with Crippen LogP contribution in [0.3, 0.4) is 0 Å². The van der Waals surface area contributed by atoms with Crippen molar-refractivity contribution in [3.63, 3.8) is 0 Å². The Morgan fingerprint density at radius 3 is 2.36 bits per heavy atom. The van der Waals surface area contributed by atoms with Crippen LogP contribution in [-0.4, -0.2) is 25.6 Å². The van der Waals surface area contributed by atoms with Crippen molar-refractivity contribution >= 4 is 40.3 Å². The molecule has 208 valence electrons. The van der Waals surface area contributed by atoms with Crippen LogP contribution in [0, 0.1) is 10.1 Å². The molecule has 3 aromatic carbocycles. The van der Waals surface area contributed by atoms with E-state index in [1.54, 1.807) is 34.4 Å². The van der Waals surface area contributed by atoms with Crippen LogP contribution in [0.5, 0.6) is 0 Å². The molecule has 8 nitrogen and oxygen atoms in total. The fourth-order valence-electron chi connectivity index (χ4n) is 4.40. The van der Waals surface area contributed by atoms with Gasteiger partial charge < -0.3 is 0 Å². The lowest BCUT2D eigenvalue weighted by Crippen LogP contribution is -2.11. The van der Waals surface area contributed by atoms with E-state index in [1.807, 2.05) is 76.2 Å². The van der Waals surface area contributed by atoms with E-state index >= 15 is 0 Å². The zero-order valence-corrected chi connectivity index (χ0v) is 24.5. The molecule has 0 N–H and O–H groups in total. The fraction of sp³-hybridized carbons (Fsp3) is 0.0938. The van der Waals surface area contributed by atoms with Gasteiger partial charge in [0.05, 0.1) is 33.1 Å². The summed E-state index contributed by atoms with van der Waals surface area (Å²) in [5, 5.41) is 25.0. The van der Waals surface area contributed by atoms with Gasteiger partial charge in [0.2, 0.25) is 4.80 Å². The summed E-state index contributed by atoms with van der Waals surface area (Å²) in [7, 11) is 0. The number of hydrogen-bond acceptors (Lipinski definition) is 7. The summed E-state index contributed by atoms with van der Waals surface area (Å²) >= 11 is 3.07. The number of aromatic nitrogens is 3. The van der Waals surface area contributed by atoms with E-state index in [1.165, 1.54) is 29.0 Å². The van der Waals surface area contributed by atoms with Crippen LogP contribution < -0.4 is 4.80 Å². The Kier molecular flexibility index (Phi) is 7.72. The van der Waals surface area contributed by atoms with Crippen molar-refractivity contribution in [1.29, 1.82) is 0 Å². The molecule has 0 aliphatic heterocycles. The molecule has 0 fully saturated rings. The maximum absolute atomic E-state index is 11.2. The second-order valence-corrected chi connectivity index (χ2v) is 11.6. The van der Waals surface area contributed by atoms with Gasteiger partial charge in [-0.3, -0.25) is 10.1 Å². The molecule has 42 heavy (non-hydrogen) atoms. The van der Waals surface area contributed by atoms with Crippen LogP contribution in [0.2, 0.25) is 0 Å². The number of para-hydroxylation sites is 1. The third-order valence-electron chi connectivity index (χ3n) is 6.67. The normalized spacial score (nSPS) is 12.0. The van der Waals surface area contributed by atoms with Crippen LogP contribution in [0.1, 0.15) is 30.9 Å². The van der Waals surface area contributed by atoms with Crippen molar-refractivity contribution < 1.29 is 4.92 Å². The SMILES string of the molecule is CC(C)c1ccc(N=c2scc(-c3ccc([N+](=O)[O-])cc3)n2N=Cc2cn(-c3ccccc3)nc2-c2cccs2)cc1. The van der Waals surface area contributed by atoms with E-state index in [-0.39, 0.29) is 5.69 Å². The molecule has 6 aromatic rings. The highest BCUT2D eigenvalue weighted by Crippen LogP contribution is 2.28. The van der Waals surface area contributed by atoms with E-state index in [2.05, 4.69) is 26.0 Å². The minimum Gasteiger partial charge on any atom is -0.258 e. The van der Waals surface area contributed by atoms with Crippen LogP contribution in [0.25, 0.3) is 27.5 Å². The molecule has 0 atom stereocenters. The van der Waals surface area contributed by atoms with E-state index in [9.17, 15) is 10.1 Å². The van der Waals surface area contributed by atoms with Crippen molar-refractivity contribution in [2.45, 2.75) is 19.8 Å². The molecule has 0 saturated heterocycles. The van der Waals surface area contributed by atoms with Crippen LogP contribution in [-0.2, 0) is 0 Å². The van der Waals surface area contributed by atoms with Gasteiger partial charge in [-0.15, -0.1) is 22.7 Å². The fourth-order valence-corrected chi connectivity index (χ4v) is 5.99. The zero-order valence-electron chi connectivity index (χ0n) is 22.9. The molecule has 10 heteroatoms. The molecule has 3 heterocycles. The van der Waals surface area contributed by atoms with Gasteiger partial charge in [-0.05, 0) is 59.3 Å². The highest BCUT2D eigenvalue weighted by atomic mass is 32.1. The predicted molar refractivity (Wildman–Crippen MR) is 170 cm³/mol. The molecule has 0 radical (unpaired) electrons. The van der Waals surface area contributed by atoms with Gasteiger partial charge in [-0.1, -0.05) is 50.2 Å². The Hall–Kier alpha value is -4.93. The summed E-state index contributed by atoms with van der Waals surface area (Å²) < 4.78 is 3.63. The number of nitrogens with zero attached hydrogens (tertiary/aromatic N) is 6. The van der Waals surface area contributed by atoms with Gasteiger partial charge in [-0.2, -0.15) is 10.2 Å². The van der Waals surface area contributed by atoms with E-state index in [4.69, 9.17) is 15.2 Å². The Morgan fingerprint density at radius 1 is 0.929 bits per heavy atom. The number of thiazole rings is 1. The highest BCUT2D eigenvalue weighted by molar-refractivity contribution is 7.13. The first-order valence-electron chi connectivity index (χ1n) is 13.3. The molecule has 0 unspecified atom stereocenters. The molecule has 0 aliphatic carbocycles. The quantitative estimate of drug-likeness (QED) is 0.101. The number of nitro benzene ring substituents is 1. The first-order chi connectivity index (χ1) is 20.5. The van der Waals surface area contributed by atoms with Crippen molar-refractivity contribution in [2.24, 2.45) is 10.1 Å². The molecule has 0 amide bonds. The summed E-state index contributed by atoms with van der Waals surface area (Å²) in [6.07, 6.45) is 3.76. The van der Waals surface area contributed by atoms with Crippen molar-refractivity contribution in [2.75, 3.05) is 0 Å². The lowest BCUT2D eigenvalue weighted by atomic mass is 10.0. The second kappa shape index (κ2) is 11.9. The molecular formula is C32H26N6O2S2. The Morgan fingerprint density at radius 2 is 1.69 bits per heavy atom. The van der Waals surface area contributed by atoms with E-state index in [0.29, 0.717) is 10.7 Å². The average molecular weight is 591 g/mol. The monoisotopic (exact) mass is 590 g/mol. The number of non-ortho nitro benzene ring substituents is 1. The number of nitro groups is 1. The first kappa shape index (κ1) is 27.3. The minimum absolute atomic E-state index is 0.0353. The van der Waals surface area contributed by atoms with Crippen molar-refractivity contribution in [1.82, 2.24) is 14.5 Å². The van der Waals surface area contributed by atoms with Crippen LogP contribution >= 0.6 is 22.7 Å². The van der Waals surface area contributed by atoms with Gasteiger partial charge in [0.1, 0.15) is 5.69 Å². The first-order valence-corrected chi connectivity index (χ1v) is 15.1. The average Bonchev–Trinajstić information content (AvgIpc) is 3.77. The Bertz CT molecular complexity index is 1920. The van der Waals surface area contributed by atoms with Gasteiger partial charge >= 0.3 is 0 Å². The third-order valence-corrected chi connectivity index (χ3v) is 8.37. The van der Waals surface area contributed by atoms with Crippen molar-refractivity contribution in [3.05, 3.63) is 134 Å². The highest BCUT2D eigenvalue weighted by Gasteiger charge is 2.14. The van der Waals surface area contributed by atoms with E-state index in [0.717, 1.165) is 38.8 Å². The van der Waals surface area contributed by atoms with Crippen LogP contribution in [0.15, 0.2) is 118 Å². The summed E-state index contributed by atoms with van der Waals surface area (Å²) in [5.41, 5.74) is 6.29. The molecule has 3 aromatic heterocycles. The minimum atomic E-state index is -0.401. The number of rotatable bonds is 8. The Balaban J connectivity index is 1.47. The summed E-state index contributed by atoms with van der Waals surface area (Å²) in [4.78, 5) is 17.5. The molecular weight excluding hydrogens is 565 g/mol. The van der Waals surface area contributed by atoms with Gasteiger partial charge in [0, 0.05) is 34.8 Å². The van der Waals surface area contributed by atoms with Crippen molar-refractivity contribution in [3.8, 4) is 27.5 Å². The molecule has 0 saturated carbocycles. The topological polar surface area (TPSA) is 90.6 Å². The largest absolute Gasteiger partial charge is 0.269 e. The lowest BCUT2D eigenvalue weighted by molar-refractivity contribution is -0.384. The standard InChI is InChI=1S/C32H26N6O2S2/c1-22(2)23-10-14-26(15-11-23)34-32-37(29(21-42-32)24-12-16-28(17-13-24)38(39)40)33-19-25-20-36(27-7-4-3-5-8-27)35-31(25)30-9-6-18-41-30/h3-22H,1-2H3. The number of thiophene rings is 1. The molecule has 0 spiro atoms.